The van der Waals surface area contributed by atoms with Crippen LogP contribution in [0.5, 0.6) is 0 Å². The molecule has 0 unspecified atom stereocenters. The van der Waals surface area contributed by atoms with Gasteiger partial charge in [-0.05, 0) is 24.3 Å². The summed E-state index contributed by atoms with van der Waals surface area (Å²) in [5.41, 5.74) is -0.0123. The molecule has 0 amide bonds. The fourth-order valence-corrected chi connectivity index (χ4v) is 2.02. The molecule has 0 bridgehead atoms. The number of hydrogen-bond acceptors (Lipinski definition) is 2. The van der Waals surface area contributed by atoms with Crippen LogP contribution in [0, 0.1) is 11.3 Å². The summed E-state index contributed by atoms with van der Waals surface area (Å²) in [5, 5.41) is 8.66. The number of nitrogens with zero attached hydrogens (tertiary/aromatic N) is 2. The molecule has 1 heterocycles. The van der Waals surface area contributed by atoms with Crippen LogP contribution < -0.4 is 0 Å². The molecule has 0 N–H and O–H groups in total. The average molecular weight is 292 g/mol. The zero-order valence-corrected chi connectivity index (χ0v) is 11.1. The van der Waals surface area contributed by atoms with Crippen LogP contribution in [-0.4, -0.2) is 10.4 Å². The number of alkyl halides is 3. The summed E-state index contributed by atoms with van der Waals surface area (Å²) in [4.78, 5) is 12.3. The van der Waals surface area contributed by atoms with E-state index in [1.165, 1.54) is 22.8 Å². The van der Waals surface area contributed by atoms with Crippen LogP contribution in [0.2, 0.25) is 0 Å². The monoisotopic (exact) mass is 292 g/mol. The first kappa shape index (κ1) is 14.9. The molecule has 0 aliphatic rings. The van der Waals surface area contributed by atoms with Gasteiger partial charge in [0.2, 0.25) is 5.78 Å². The largest absolute Gasteiger partial charge is 0.416 e. The molecule has 2 aromatic rings. The molecule has 3 nitrogen and oxygen atoms in total. The van der Waals surface area contributed by atoms with Crippen LogP contribution in [0.3, 0.4) is 0 Å². The predicted octanol–water partition coefficient (Wildman–Crippen LogP) is 3.34. The quantitative estimate of drug-likeness (QED) is 0.814. The summed E-state index contributed by atoms with van der Waals surface area (Å²) in [6.45, 7) is 0. The van der Waals surface area contributed by atoms with E-state index in [-0.39, 0.29) is 17.7 Å². The Bertz CT molecular complexity index is 723. The van der Waals surface area contributed by atoms with Gasteiger partial charge in [0, 0.05) is 18.3 Å². The van der Waals surface area contributed by atoms with Gasteiger partial charge in [0.05, 0.1) is 23.7 Å². The third-order valence-electron chi connectivity index (χ3n) is 3.17. The molecular weight excluding hydrogens is 281 g/mol. The molecule has 0 saturated heterocycles. The van der Waals surface area contributed by atoms with Crippen molar-refractivity contribution in [2.75, 3.05) is 0 Å². The highest BCUT2D eigenvalue weighted by Gasteiger charge is 2.31. The summed E-state index contributed by atoms with van der Waals surface area (Å²) >= 11 is 0. The van der Waals surface area contributed by atoms with Crippen LogP contribution in [0.4, 0.5) is 13.2 Å². The third-order valence-corrected chi connectivity index (χ3v) is 3.17. The topological polar surface area (TPSA) is 45.8 Å². The number of aromatic nitrogens is 1. The number of carbonyl (C=O) groups excluding carboxylic acids is 1. The third kappa shape index (κ3) is 2.97. The van der Waals surface area contributed by atoms with Crippen molar-refractivity contribution < 1.29 is 18.0 Å². The molecule has 0 saturated carbocycles. The highest BCUT2D eigenvalue weighted by atomic mass is 19.4. The fraction of sp³-hybridized carbons (Fsp3) is 0.200. The van der Waals surface area contributed by atoms with Gasteiger partial charge in [-0.2, -0.15) is 18.4 Å². The number of halogens is 3. The van der Waals surface area contributed by atoms with Crippen molar-refractivity contribution in [2.24, 2.45) is 7.05 Å². The normalized spacial score (nSPS) is 11.2. The lowest BCUT2D eigenvalue weighted by Gasteiger charge is -2.09. The van der Waals surface area contributed by atoms with E-state index in [1.54, 1.807) is 13.1 Å². The van der Waals surface area contributed by atoms with Gasteiger partial charge in [0.1, 0.15) is 0 Å². The lowest BCUT2D eigenvalue weighted by molar-refractivity contribution is -0.137. The van der Waals surface area contributed by atoms with Gasteiger partial charge in [-0.25, -0.2) is 0 Å². The van der Waals surface area contributed by atoms with Gasteiger partial charge in [-0.3, -0.25) is 4.79 Å². The fourth-order valence-electron chi connectivity index (χ4n) is 2.02. The molecule has 1 aromatic carbocycles. The Morgan fingerprint density at radius 2 is 2.00 bits per heavy atom. The Morgan fingerprint density at radius 3 is 2.62 bits per heavy atom. The van der Waals surface area contributed by atoms with Gasteiger partial charge in [0.15, 0.2) is 0 Å². The standard InChI is InChI=1S/C15H11F3N2O/c1-20-12(7-8-19)5-6-13(20)14(21)10-3-2-4-11(9-10)15(16,17)18/h2-6,9H,7H2,1H3. The molecule has 0 aliphatic carbocycles. The lowest BCUT2D eigenvalue weighted by atomic mass is 10.0. The average Bonchev–Trinajstić information content (AvgIpc) is 2.79. The Kier molecular flexibility index (Phi) is 3.85. The van der Waals surface area contributed by atoms with Crippen LogP contribution >= 0.6 is 0 Å². The van der Waals surface area contributed by atoms with E-state index < -0.39 is 17.5 Å². The van der Waals surface area contributed by atoms with Crippen molar-refractivity contribution in [3.8, 4) is 6.07 Å². The van der Waals surface area contributed by atoms with Gasteiger partial charge in [-0.15, -0.1) is 0 Å². The number of hydrogen-bond donors (Lipinski definition) is 0. The molecule has 0 fully saturated rings. The molecule has 0 aliphatic heterocycles. The minimum Gasteiger partial charge on any atom is -0.344 e. The first-order chi connectivity index (χ1) is 9.84. The second kappa shape index (κ2) is 5.44. The van der Waals surface area contributed by atoms with Crippen molar-refractivity contribution in [3.05, 3.63) is 58.9 Å². The second-order valence-corrected chi connectivity index (χ2v) is 4.51. The minimum atomic E-state index is -4.49. The van der Waals surface area contributed by atoms with E-state index in [1.807, 2.05) is 6.07 Å². The molecule has 0 spiro atoms. The summed E-state index contributed by atoms with van der Waals surface area (Å²) < 4.78 is 39.5. The highest BCUT2D eigenvalue weighted by molar-refractivity contribution is 6.08. The van der Waals surface area contributed by atoms with E-state index in [0.29, 0.717) is 5.69 Å². The van der Waals surface area contributed by atoms with Crippen LogP contribution in [0.25, 0.3) is 0 Å². The Morgan fingerprint density at radius 1 is 1.29 bits per heavy atom. The molecule has 0 radical (unpaired) electrons. The van der Waals surface area contributed by atoms with Gasteiger partial charge < -0.3 is 4.57 Å². The molecule has 21 heavy (non-hydrogen) atoms. The highest BCUT2D eigenvalue weighted by Crippen LogP contribution is 2.30. The van der Waals surface area contributed by atoms with Crippen molar-refractivity contribution >= 4 is 5.78 Å². The van der Waals surface area contributed by atoms with E-state index in [9.17, 15) is 18.0 Å². The van der Waals surface area contributed by atoms with Crippen molar-refractivity contribution in [1.82, 2.24) is 4.57 Å². The van der Waals surface area contributed by atoms with Crippen LogP contribution in [-0.2, 0) is 19.6 Å². The lowest BCUT2D eigenvalue weighted by Crippen LogP contribution is -2.11. The first-order valence-corrected chi connectivity index (χ1v) is 6.08. The van der Waals surface area contributed by atoms with E-state index >= 15 is 0 Å². The zero-order chi connectivity index (χ0) is 15.6. The van der Waals surface area contributed by atoms with Gasteiger partial charge >= 0.3 is 6.18 Å². The number of nitriles is 1. The molecule has 2 rings (SSSR count). The van der Waals surface area contributed by atoms with Crippen molar-refractivity contribution in [1.29, 1.82) is 5.26 Å². The maximum Gasteiger partial charge on any atom is 0.416 e. The Labute approximate surface area is 119 Å². The number of ketones is 1. The van der Waals surface area contributed by atoms with Crippen LogP contribution in [0.1, 0.15) is 27.3 Å². The molecule has 6 heteroatoms. The number of rotatable bonds is 3. The summed E-state index contributed by atoms with van der Waals surface area (Å²) in [7, 11) is 1.60. The maximum absolute atomic E-state index is 12.7. The Balaban J connectivity index is 2.39. The van der Waals surface area contributed by atoms with E-state index in [4.69, 9.17) is 5.26 Å². The van der Waals surface area contributed by atoms with Crippen LogP contribution in [0.15, 0.2) is 36.4 Å². The van der Waals surface area contributed by atoms with Crippen molar-refractivity contribution in [2.45, 2.75) is 12.6 Å². The maximum atomic E-state index is 12.7. The number of benzene rings is 1. The van der Waals surface area contributed by atoms with E-state index in [0.717, 1.165) is 12.1 Å². The Hall–Kier alpha value is -2.55. The first-order valence-electron chi connectivity index (χ1n) is 6.08. The molecule has 108 valence electrons. The minimum absolute atomic E-state index is 0.0328. The second-order valence-electron chi connectivity index (χ2n) is 4.51. The van der Waals surface area contributed by atoms with Gasteiger partial charge in [-0.1, -0.05) is 12.1 Å². The zero-order valence-electron chi connectivity index (χ0n) is 11.1. The summed E-state index contributed by atoms with van der Waals surface area (Å²) in [5.74, 6) is -0.507. The summed E-state index contributed by atoms with van der Waals surface area (Å²) in [6.07, 6.45) is -4.36. The SMILES string of the molecule is Cn1c(CC#N)ccc1C(=O)c1cccc(C(F)(F)F)c1. The number of carbonyl (C=O) groups is 1. The molecular formula is C15H11F3N2O. The molecule has 1 aromatic heterocycles. The van der Waals surface area contributed by atoms with E-state index in [2.05, 4.69) is 0 Å². The van der Waals surface area contributed by atoms with Crippen molar-refractivity contribution in [3.63, 3.8) is 0 Å². The summed E-state index contributed by atoms with van der Waals surface area (Å²) in [6, 6.07) is 9.39. The molecule has 0 atom stereocenters. The smallest absolute Gasteiger partial charge is 0.344 e. The van der Waals surface area contributed by atoms with Gasteiger partial charge in [0.25, 0.3) is 0 Å². The predicted molar refractivity (Wildman–Crippen MR) is 69.6 cm³/mol.